The fourth-order valence-corrected chi connectivity index (χ4v) is 2.36. The van der Waals surface area contributed by atoms with E-state index in [1.54, 1.807) is 61.7 Å². The normalized spacial score (nSPS) is 10.1. The molecule has 2 aromatic carbocycles. The number of nitrogens with zero attached hydrogens (tertiary/aromatic N) is 2. The standard InChI is InChI=1S/C20H17N3O4/c1-25-17-8-6-14(7-9-17)20(24)22-12-18-10-16(23-27-18)13-26-19-5-3-2-4-15(19)11-21/h2-10H,12-13H2,1H3,(H,22,24). The first-order valence-corrected chi connectivity index (χ1v) is 8.18. The quantitative estimate of drug-likeness (QED) is 0.693. The highest BCUT2D eigenvalue weighted by atomic mass is 16.5. The van der Waals surface area contributed by atoms with Gasteiger partial charge in [0, 0.05) is 11.6 Å². The molecule has 0 aliphatic carbocycles. The van der Waals surface area contributed by atoms with Crippen molar-refractivity contribution in [3.63, 3.8) is 0 Å². The SMILES string of the molecule is COc1ccc(C(=O)NCc2cc(COc3ccccc3C#N)no2)cc1. The van der Waals surface area contributed by atoms with Crippen LogP contribution in [0, 0.1) is 11.3 Å². The fraction of sp³-hybridized carbons (Fsp3) is 0.150. The zero-order valence-electron chi connectivity index (χ0n) is 14.6. The van der Waals surface area contributed by atoms with Gasteiger partial charge in [-0.2, -0.15) is 5.26 Å². The maximum atomic E-state index is 12.1. The lowest BCUT2D eigenvalue weighted by molar-refractivity contribution is 0.0947. The molecule has 3 aromatic rings. The summed E-state index contributed by atoms with van der Waals surface area (Å²) >= 11 is 0. The van der Waals surface area contributed by atoms with Crippen molar-refractivity contribution in [3.8, 4) is 17.6 Å². The number of carbonyl (C=O) groups is 1. The van der Waals surface area contributed by atoms with Crippen molar-refractivity contribution < 1.29 is 18.8 Å². The summed E-state index contributed by atoms with van der Waals surface area (Å²) in [5.74, 6) is 1.44. The van der Waals surface area contributed by atoms with Crippen LogP contribution in [0.2, 0.25) is 0 Å². The van der Waals surface area contributed by atoms with Crippen molar-refractivity contribution in [1.29, 1.82) is 5.26 Å². The van der Waals surface area contributed by atoms with E-state index in [9.17, 15) is 4.79 Å². The highest BCUT2D eigenvalue weighted by Gasteiger charge is 2.10. The summed E-state index contributed by atoms with van der Waals surface area (Å²) in [4.78, 5) is 12.1. The Labute approximate surface area is 156 Å². The molecule has 1 heterocycles. The van der Waals surface area contributed by atoms with E-state index >= 15 is 0 Å². The third-order valence-electron chi connectivity index (χ3n) is 3.77. The smallest absolute Gasteiger partial charge is 0.251 e. The van der Waals surface area contributed by atoms with Gasteiger partial charge in [-0.3, -0.25) is 4.79 Å². The second-order valence-corrected chi connectivity index (χ2v) is 5.59. The van der Waals surface area contributed by atoms with E-state index in [4.69, 9.17) is 19.3 Å². The zero-order chi connectivity index (χ0) is 19.1. The molecule has 0 aliphatic heterocycles. The number of benzene rings is 2. The molecular formula is C20H17N3O4. The summed E-state index contributed by atoms with van der Waals surface area (Å²) < 4.78 is 15.9. The number of hydrogen-bond acceptors (Lipinski definition) is 6. The first-order valence-electron chi connectivity index (χ1n) is 8.18. The van der Waals surface area contributed by atoms with Crippen LogP contribution in [0.5, 0.6) is 11.5 Å². The Balaban J connectivity index is 1.53. The molecular weight excluding hydrogens is 346 g/mol. The Kier molecular flexibility index (Phi) is 5.70. The molecule has 0 radical (unpaired) electrons. The fourth-order valence-electron chi connectivity index (χ4n) is 2.36. The van der Waals surface area contributed by atoms with Gasteiger partial charge >= 0.3 is 0 Å². The molecule has 1 aromatic heterocycles. The Morgan fingerprint density at radius 3 is 2.74 bits per heavy atom. The van der Waals surface area contributed by atoms with Gasteiger partial charge in [-0.1, -0.05) is 17.3 Å². The number of amides is 1. The third-order valence-corrected chi connectivity index (χ3v) is 3.77. The molecule has 0 unspecified atom stereocenters. The van der Waals surface area contributed by atoms with Crippen LogP contribution < -0.4 is 14.8 Å². The van der Waals surface area contributed by atoms with Crippen LogP contribution in [0.15, 0.2) is 59.1 Å². The highest BCUT2D eigenvalue weighted by molar-refractivity contribution is 5.94. The molecule has 136 valence electrons. The predicted molar refractivity (Wildman–Crippen MR) is 96.2 cm³/mol. The number of rotatable bonds is 7. The van der Waals surface area contributed by atoms with Gasteiger partial charge in [-0.05, 0) is 36.4 Å². The number of carbonyl (C=O) groups excluding carboxylic acids is 1. The Hall–Kier alpha value is -3.79. The van der Waals surface area contributed by atoms with Crippen LogP contribution >= 0.6 is 0 Å². The monoisotopic (exact) mass is 363 g/mol. The van der Waals surface area contributed by atoms with Crippen molar-refractivity contribution in [2.45, 2.75) is 13.2 Å². The zero-order valence-corrected chi connectivity index (χ0v) is 14.6. The van der Waals surface area contributed by atoms with Gasteiger partial charge in [0.2, 0.25) is 0 Å². The van der Waals surface area contributed by atoms with E-state index in [1.165, 1.54) is 0 Å². The lowest BCUT2D eigenvalue weighted by Gasteiger charge is -2.05. The molecule has 0 spiro atoms. The van der Waals surface area contributed by atoms with Gasteiger partial charge < -0.3 is 19.3 Å². The molecule has 3 rings (SSSR count). The maximum absolute atomic E-state index is 12.1. The van der Waals surface area contributed by atoms with Crippen molar-refractivity contribution in [2.24, 2.45) is 0 Å². The average Bonchev–Trinajstić information content (AvgIpc) is 3.18. The third kappa shape index (κ3) is 4.64. The van der Waals surface area contributed by atoms with Gasteiger partial charge in [0.1, 0.15) is 29.9 Å². The van der Waals surface area contributed by atoms with E-state index in [-0.39, 0.29) is 19.1 Å². The van der Waals surface area contributed by atoms with E-state index in [1.807, 2.05) is 0 Å². The summed E-state index contributed by atoms with van der Waals surface area (Å²) in [5.41, 5.74) is 1.54. The van der Waals surface area contributed by atoms with Gasteiger partial charge in [0.05, 0.1) is 19.2 Å². The van der Waals surface area contributed by atoms with Gasteiger partial charge in [-0.15, -0.1) is 0 Å². The second-order valence-electron chi connectivity index (χ2n) is 5.59. The molecule has 7 heteroatoms. The lowest BCUT2D eigenvalue weighted by Crippen LogP contribution is -2.22. The van der Waals surface area contributed by atoms with E-state index < -0.39 is 0 Å². The minimum atomic E-state index is -0.227. The van der Waals surface area contributed by atoms with Crippen LogP contribution in [0.25, 0.3) is 0 Å². The number of nitrogens with one attached hydrogen (secondary N) is 1. The van der Waals surface area contributed by atoms with Crippen LogP contribution in [0.1, 0.15) is 27.4 Å². The van der Waals surface area contributed by atoms with Gasteiger partial charge in [0.25, 0.3) is 5.91 Å². The minimum Gasteiger partial charge on any atom is -0.497 e. The molecule has 0 saturated heterocycles. The number of para-hydroxylation sites is 1. The Morgan fingerprint density at radius 2 is 2.00 bits per heavy atom. The first kappa shape index (κ1) is 18.0. The number of nitriles is 1. The molecule has 27 heavy (non-hydrogen) atoms. The first-order chi connectivity index (χ1) is 13.2. The topological polar surface area (TPSA) is 97.4 Å². The number of methoxy groups -OCH3 is 1. The van der Waals surface area contributed by atoms with Crippen LogP contribution in [-0.4, -0.2) is 18.2 Å². The maximum Gasteiger partial charge on any atom is 0.251 e. The molecule has 0 fully saturated rings. The summed E-state index contributed by atoms with van der Waals surface area (Å²) in [5, 5.41) is 15.7. The largest absolute Gasteiger partial charge is 0.497 e. The number of aromatic nitrogens is 1. The average molecular weight is 363 g/mol. The van der Waals surface area contributed by atoms with E-state index in [2.05, 4.69) is 16.5 Å². The summed E-state index contributed by atoms with van der Waals surface area (Å²) in [6.45, 7) is 0.362. The number of hydrogen-bond donors (Lipinski definition) is 1. The molecule has 0 saturated carbocycles. The van der Waals surface area contributed by atoms with Crippen LogP contribution in [-0.2, 0) is 13.2 Å². The Morgan fingerprint density at radius 1 is 1.22 bits per heavy atom. The number of ether oxygens (including phenoxy) is 2. The van der Waals surface area contributed by atoms with Crippen molar-refractivity contribution in [2.75, 3.05) is 7.11 Å². The van der Waals surface area contributed by atoms with Gasteiger partial charge in [-0.25, -0.2) is 0 Å². The summed E-state index contributed by atoms with van der Waals surface area (Å²) in [6.07, 6.45) is 0. The van der Waals surface area contributed by atoms with Crippen molar-refractivity contribution >= 4 is 5.91 Å². The highest BCUT2D eigenvalue weighted by Crippen LogP contribution is 2.18. The molecule has 0 atom stereocenters. The molecule has 0 bridgehead atoms. The Bertz CT molecular complexity index is 958. The van der Waals surface area contributed by atoms with E-state index in [0.717, 1.165) is 0 Å². The molecule has 1 amide bonds. The van der Waals surface area contributed by atoms with Crippen molar-refractivity contribution in [1.82, 2.24) is 10.5 Å². The predicted octanol–water partition coefficient (Wildman–Crippen LogP) is 3.06. The summed E-state index contributed by atoms with van der Waals surface area (Å²) in [7, 11) is 1.57. The van der Waals surface area contributed by atoms with E-state index in [0.29, 0.717) is 34.1 Å². The minimum absolute atomic E-state index is 0.161. The van der Waals surface area contributed by atoms with Crippen LogP contribution in [0.4, 0.5) is 0 Å². The second kappa shape index (κ2) is 8.54. The lowest BCUT2D eigenvalue weighted by atomic mass is 10.2. The molecule has 0 aliphatic rings. The van der Waals surface area contributed by atoms with Crippen LogP contribution in [0.3, 0.4) is 0 Å². The molecule has 1 N–H and O–H groups in total. The van der Waals surface area contributed by atoms with Gasteiger partial charge in [0.15, 0.2) is 5.76 Å². The van der Waals surface area contributed by atoms with Crippen molar-refractivity contribution in [3.05, 3.63) is 77.2 Å². The molecule has 7 nitrogen and oxygen atoms in total. The summed E-state index contributed by atoms with van der Waals surface area (Å²) in [6, 6.07) is 17.5.